The van der Waals surface area contributed by atoms with Gasteiger partial charge < -0.3 is 5.32 Å². The molecule has 0 unspecified atom stereocenters. The monoisotopic (exact) mass is 196 g/mol. The average Bonchev–Trinajstić information content (AvgIpc) is 2.16. The largest absolute Gasteiger partial charge is 0.355 e. The predicted molar refractivity (Wildman–Crippen MR) is 56.5 cm³/mol. The SMILES string of the molecule is CCC(C)(C)CCC(=O)NCCC#N. The summed E-state index contributed by atoms with van der Waals surface area (Å²) in [4.78, 5) is 11.3. The summed E-state index contributed by atoms with van der Waals surface area (Å²) in [6, 6.07) is 1.99. The molecule has 3 nitrogen and oxygen atoms in total. The van der Waals surface area contributed by atoms with Crippen LogP contribution >= 0.6 is 0 Å². The fourth-order valence-corrected chi connectivity index (χ4v) is 0.975. The number of carbonyl (C=O) groups is 1. The number of amides is 1. The Morgan fingerprint density at radius 3 is 2.64 bits per heavy atom. The fraction of sp³-hybridized carbons (Fsp3) is 0.818. The number of rotatable bonds is 6. The minimum Gasteiger partial charge on any atom is -0.355 e. The van der Waals surface area contributed by atoms with Gasteiger partial charge in [0, 0.05) is 13.0 Å². The Kier molecular flexibility index (Phi) is 5.94. The maximum atomic E-state index is 11.3. The van der Waals surface area contributed by atoms with E-state index >= 15 is 0 Å². The van der Waals surface area contributed by atoms with E-state index in [0.717, 1.165) is 12.8 Å². The van der Waals surface area contributed by atoms with Gasteiger partial charge >= 0.3 is 0 Å². The van der Waals surface area contributed by atoms with Crippen LogP contribution in [-0.4, -0.2) is 12.5 Å². The third-order valence-electron chi connectivity index (χ3n) is 2.54. The van der Waals surface area contributed by atoms with Crippen molar-refractivity contribution in [2.75, 3.05) is 6.54 Å². The molecule has 0 saturated heterocycles. The third-order valence-corrected chi connectivity index (χ3v) is 2.54. The van der Waals surface area contributed by atoms with E-state index in [4.69, 9.17) is 5.26 Å². The number of nitrogens with zero attached hydrogens (tertiary/aromatic N) is 1. The molecule has 0 radical (unpaired) electrons. The molecule has 0 aliphatic heterocycles. The van der Waals surface area contributed by atoms with Gasteiger partial charge in [0.1, 0.15) is 0 Å². The van der Waals surface area contributed by atoms with Crippen molar-refractivity contribution in [2.45, 2.75) is 46.5 Å². The number of hydrogen-bond donors (Lipinski definition) is 1. The summed E-state index contributed by atoms with van der Waals surface area (Å²) in [6.07, 6.45) is 2.94. The van der Waals surface area contributed by atoms with Gasteiger partial charge in [-0.2, -0.15) is 5.26 Å². The van der Waals surface area contributed by atoms with Gasteiger partial charge in [-0.3, -0.25) is 4.79 Å². The van der Waals surface area contributed by atoms with Crippen molar-refractivity contribution in [1.29, 1.82) is 5.26 Å². The molecule has 0 bridgehead atoms. The predicted octanol–water partition coefficient (Wildman–Crippen LogP) is 2.23. The van der Waals surface area contributed by atoms with Crippen LogP contribution < -0.4 is 5.32 Å². The lowest BCUT2D eigenvalue weighted by molar-refractivity contribution is -0.121. The number of carbonyl (C=O) groups excluding carboxylic acids is 1. The third kappa shape index (κ3) is 6.47. The first kappa shape index (κ1) is 13.0. The summed E-state index contributed by atoms with van der Waals surface area (Å²) in [5.41, 5.74) is 0.243. The Morgan fingerprint density at radius 2 is 2.14 bits per heavy atom. The van der Waals surface area contributed by atoms with E-state index in [0.29, 0.717) is 19.4 Å². The van der Waals surface area contributed by atoms with Gasteiger partial charge in [0.05, 0.1) is 12.5 Å². The summed E-state index contributed by atoms with van der Waals surface area (Å²) in [5, 5.41) is 11.0. The van der Waals surface area contributed by atoms with Gasteiger partial charge in [-0.1, -0.05) is 27.2 Å². The Labute approximate surface area is 86.5 Å². The highest BCUT2D eigenvalue weighted by atomic mass is 16.1. The number of nitriles is 1. The first-order valence-corrected chi connectivity index (χ1v) is 5.15. The topological polar surface area (TPSA) is 52.9 Å². The second kappa shape index (κ2) is 6.42. The van der Waals surface area contributed by atoms with Crippen molar-refractivity contribution in [3.63, 3.8) is 0 Å². The van der Waals surface area contributed by atoms with Crippen LogP contribution in [0.3, 0.4) is 0 Å². The molecule has 0 aliphatic rings. The van der Waals surface area contributed by atoms with Crippen molar-refractivity contribution < 1.29 is 4.79 Å². The summed E-state index contributed by atoms with van der Waals surface area (Å²) < 4.78 is 0. The molecular formula is C11H20N2O. The van der Waals surface area contributed by atoms with E-state index in [9.17, 15) is 4.79 Å². The van der Waals surface area contributed by atoms with E-state index in [1.54, 1.807) is 0 Å². The molecule has 80 valence electrons. The minimum absolute atomic E-state index is 0.0572. The lowest BCUT2D eigenvalue weighted by atomic mass is 9.85. The Balaban J connectivity index is 3.60. The zero-order valence-electron chi connectivity index (χ0n) is 9.39. The number of hydrogen-bond acceptors (Lipinski definition) is 2. The molecule has 0 atom stereocenters. The number of nitrogens with one attached hydrogen (secondary N) is 1. The fourth-order valence-electron chi connectivity index (χ4n) is 0.975. The van der Waals surface area contributed by atoms with Crippen LogP contribution in [0.15, 0.2) is 0 Å². The van der Waals surface area contributed by atoms with Gasteiger partial charge in [0.15, 0.2) is 0 Å². The van der Waals surface area contributed by atoms with Crippen LogP contribution in [0.4, 0.5) is 0 Å². The molecule has 0 aromatic heterocycles. The summed E-state index contributed by atoms with van der Waals surface area (Å²) in [5.74, 6) is 0.0572. The molecule has 0 aromatic carbocycles. The normalized spacial score (nSPS) is 10.7. The molecule has 0 heterocycles. The van der Waals surface area contributed by atoms with Gasteiger partial charge in [-0.15, -0.1) is 0 Å². The molecule has 1 N–H and O–H groups in total. The van der Waals surface area contributed by atoms with Crippen LogP contribution in [0.25, 0.3) is 0 Å². The van der Waals surface area contributed by atoms with E-state index in [-0.39, 0.29) is 11.3 Å². The van der Waals surface area contributed by atoms with E-state index in [2.05, 4.69) is 26.1 Å². The highest BCUT2D eigenvalue weighted by molar-refractivity contribution is 5.75. The van der Waals surface area contributed by atoms with Gasteiger partial charge in [-0.25, -0.2) is 0 Å². The van der Waals surface area contributed by atoms with Crippen LogP contribution in [0.5, 0.6) is 0 Å². The quantitative estimate of drug-likeness (QED) is 0.662. The smallest absolute Gasteiger partial charge is 0.220 e. The maximum absolute atomic E-state index is 11.3. The van der Waals surface area contributed by atoms with Crippen LogP contribution in [0.2, 0.25) is 0 Å². The lowest BCUT2D eigenvalue weighted by Gasteiger charge is -2.21. The summed E-state index contributed by atoms with van der Waals surface area (Å²) >= 11 is 0. The van der Waals surface area contributed by atoms with Crippen molar-refractivity contribution in [2.24, 2.45) is 5.41 Å². The summed E-state index contributed by atoms with van der Waals surface area (Å²) in [7, 11) is 0. The Hall–Kier alpha value is -1.04. The molecule has 0 aromatic rings. The van der Waals surface area contributed by atoms with Crippen molar-refractivity contribution >= 4 is 5.91 Å². The minimum atomic E-state index is 0.0572. The van der Waals surface area contributed by atoms with Crippen LogP contribution in [-0.2, 0) is 4.79 Å². The van der Waals surface area contributed by atoms with Gasteiger partial charge in [0.25, 0.3) is 0 Å². The second-order valence-electron chi connectivity index (χ2n) is 4.28. The molecule has 0 saturated carbocycles. The van der Waals surface area contributed by atoms with Crippen LogP contribution in [0, 0.1) is 16.7 Å². The van der Waals surface area contributed by atoms with Crippen molar-refractivity contribution in [3.8, 4) is 6.07 Å². The van der Waals surface area contributed by atoms with E-state index in [1.807, 2.05) is 6.07 Å². The lowest BCUT2D eigenvalue weighted by Crippen LogP contribution is -2.25. The maximum Gasteiger partial charge on any atom is 0.220 e. The highest BCUT2D eigenvalue weighted by Gasteiger charge is 2.16. The average molecular weight is 196 g/mol. The molecule has 0 fully saturated rings. The molecule has 0 spiro atoms. The first-order chi connectivity index (χ1) is 6.52. The van der Waals surface area contributed by atoms with E-state index in [1.165, 1.54) is 0 Å². The van der Waals surface area contributed by atoms with Gasteiger partial charge in [-0.05, 0) is 11.8 Å². The first-order valence-electron chi connectivity index (χ1n) is 5.15. The zero-order chi connectivity index (χ0) is 11.0. The Bertz CT molecular complexity index is 216. The summed E-state index contributed by atoms with van der Waals surface area (Å²) in [6.45, 7) is 6.93. The zero-order valence-corrected chi connectivity index (χ0v) is 9.39. The molecule has 0 rings (SSSR count). The standard InChI is InChI=1S/C11H20N2O/c1-4-11(2,3)7-6-10(14)13-9-5-8-12/h4-7,9H2,1-3H3,(H,13,14). The second-order valence-corrected chi connectivity index (χ2v) is 4.28. The van der Waals surface area contributed by atoms with Gasteiger partial charge in [0.2, 0.25) is 5.91 Å². The molecular weight excluding hydrogens is 176 g/mol. The molecule has 14 heavy (non-hydrogen) atoms. The van der Waals surface area contributed by atoms with E-state index < -0.39 is 0 Å². The van der Waals surface area contributed by atoms with Crippen LogP contribution in [0.1, 0.15) is 46.5 Å². The molecule has 1 amide bonds. The van der Waals surface area contributed by atoms with Crippen molar-refractivity contribution in [3.05, 3.63) is 0 Å². The molecule has 3 heteroatoms. The molecule has 0 aliphatic carbocycles. The van der Waals surface area contributed by atoms with Crippen molar-refractivity contribution in [1.82, 2.24) is 5.32 Å². The Morgan fingerprint density at radius 1 is 1.50 bits per heavy atom. The highest BCUT2D eigenvalue weighted by Crippen LogP contribution is 2.25.